The number of aromatic nitrogens is 1. The number of benzene rings is 1. The Hall–Kier alpha value is -1.06. The largest absolute Gasteiger partial charge is 0.359 e. The van der Waals surface area contributed by atoms with E-state index in [1.807, 2.05) is 0 Å². The summed E-state index contributed by atoms with van der Waals surface area (Å²) in [7, 11) is 0. The zero-order chi connectivity index (χ0) is 10.8. The van der Waals surface area contributed by atoms with Gasteiger partial charge >= 0.3 is 0 Å². The molecule has 0 aliphatic heterocycles. The molecule has 2 rings (SSSR count). The van der Waals surface area contributed by atoms with Crippen molar-refractivity contribution < 1.29 is 4.79 Å². The summed E-state index contributed by atoms with van der Waals surface area (Å²) in [6.45, 7) is 0. The van der Waals surface area contributed by atoms with E-state index < -0.39 is 0 Å². The topological polar surface area (TPSA) is 32.9 Å². The van der Waals surface area contributed by atoms with Gasteiger partial charge in [0.15, 0.2) is 0 Å². The van der Waals surface area contributed by atoms with Crippen LogP contribution in [-0.4, -0.2) is 10.8 Å². The van der Waals surface area contributed by atoms with Crippen LogP contribution in [0.1, 0.15) is 16.1 Å². The maximum atomic E-state index is 11.9. The highest BCUT2D eigenvalue weighted by Crippen LogP contribution is 2.24. The Balaban J connectivity index is 2.39. The molecule has 0 aliphatic carbocycles. The van der Waals surface area contributed by atoms with Crippen LogP contribution in [0.4, 0.5) is 0 Å². The molecule has 0 atom stereocenters. The highest BCUT2D eigenvalue weighted by Gasteiger charge is 2.10. The number of H-pyrrole nitrogens is 1. The number of carbonyl (C=O) groups excluding carboxylic acids is 1. The van der Waals surface area contributed by atoms with E-state index in [2.05, 4.69) is 20.9 Å². The second-order valence-electron chi connectivity index (χ2n) is 3.04. The van der Waals surface area contributed by atoms with Gasteiger partial charge in [-0.2, -0.15) is 0 Å². The average molecular weight is 285 g/mol. The molecule has 2 nitrogen and oxygen atoms in total. The molecule has 4 heteroatoms. The van der Waals surface area contributed by atoms with Crippen molar-refractivity contribution in [2.45, 2.75) is 0 Å². The lowest BCUT2D eigenvalue weighted by Crippen LogP contribution is -2.01. The van der Waals surface area contributed by atoms with Gasteiger partial charge in [0.2, 0.25) is 5.78 Å². The second-order valence-corrected chi connectivity index (χ2v) is 4.30. The molecule has 1 heterocycles. The van der Waals surface area contributed by atoms with Crippen LogP contribution in [-0.2, 0) is 0 Å². The molecule has 0 fully saturated rings. The fourth-order valence-electron chi connectivity index (χ4n) is 1.26. The molecule has 1 aromatic heterocycles. The minimum Gasteiger partial charge on any atom is -0.359 e. The van der Waals surface area contributed by atoms with Crippen molar-refractivity contribution in [1.29, 1.82) is 0 Å². The first-order chi connectivity index (χ1) is 7.18. The molecule has 0 bridgehead atoms. The zero-order valence-corrected chi connectivity index (χ0v) is 9.97. The van der Waals surface area contributed by atoms with Crippen LogP contribution in [0.15, 0.2) is 41.0 Å². The Labute approximate surface area is 100 Å². The van der Waals surface area contributed by atoms with Crippen molar-refractivity contribution in [3.05, 3.63) is 57.3 Å². The van der Waals surface area contributed by atoms with Crippen LogP contribution in [0.2, 0.25) is 5.02 Å². The van der Waals surface area contributed by atoms with E-state index in [4.69, 9.17) is 11.6 Å². The monoisotopic (exact) mass is 283 g/mol. The first-order valence-electron chi connectivity index (χ1n) is 4.31. The molecule has 15 heavy (non-hydrogen) atoms. The van der Waals surface area contributed by atoms with Crippen molar-refractivity contribution in [2.24, 2.45) is 0 Å². The maximum absolute atomic E-state index is 11.9. The van der Waals surface area contributed by atoms with E-state index in [1.165, 1.54) is 0 Å². The Morgan fingerprint density at radius 2 is 2.13 bits per heavy atom. The van der Waals surface area contributed by atoms with Gasteiger partial charge in [0.05, 0.1) is 10.7 Å². The fraction of sp³-hybridized carbons (Fsp3) is 0. The molecule has 0 spiro atoms. The van der Waals surface area contributed by atoms with Gasteiger partial charge in [-0.3, -0.25) is 4.79 Å². The Bertz CT molecular complexity index is 493. The summed E-state index contributed by atoms with van der Waals surface area (Å²) in [5.41, 5.74) is 1.18. The van der Waals surface area contributed by atoms with Crippen LogP contribution >= 0.6 is 27.5 Å². The van der Waals surface area contributed by atoms with Crippen LogP contribution in [0.25, 0.3) is 0 Å². The molecule has 0 unspecified atom stereocenters. The van der Waals surface area contributed by atoms with E-state index >= 15 is 0 Å². The Kier molecular flexibility index (Phi) is 2.93. The molecule has 1 aromatic carbocycles. The molecular formula is C11H7BrClNO. The number of hydrogen-bond donors (Lipinski definition) is 1. The van der Waals surface area contributed by atoms with Gasteiger partial charge in [0, 0.05) is 16.2 Å². The third-order valence-corrected chi connectivity index (χ3v) is 3.24. The Morgan fingerprint density at radius 1 is 1.33 bits per heavy atom. The molecule has 0 amide bonds. The number of hydrogen-bond acceptors (Lipinski definition) is 1. The first kappa shape index (κ1) is 10.5. The van der Waals surface area contributed by atoms with Crippen LogP contribution in [0.3, 0.4) is 0 Å². The van der Waals surface area contributed by atoms with E-state index in [9.17, 15) is 4.79 Å². The minimum absolute atomic E-state index is 0.0441. The molecule has 0 saturated carbocycles. The normalized spacial score (nSPS) is 10.3. The summed E-state index contributed by atoms with van der Waals surface area (Å²) < 4.78 is 0.724. The molecule has 0 saturated heterocycles. The standard InChI is InChI=1S/C11H7BrClNO/c12-8-6-7(3-4-9(8)13)11(15)10-2-1-5-14-10/h1-6,14H. The number of rotatable bonds is 2. The highest BCUT2D eigenvalue weighted by molar-refractivity contribution is 9.10. The summed E-state index contributed by atoms with van der Waals surface area (Å²) in [4.78, 5) is 14.7. The van der Waals surface area contributed by atoms with Gasteiger partial charge in [-0.05, 0) is 46.3 Å². The van der Waals surface area contributed by atoms with Gasteiger partial charge in [-0.15, -0.1) is 0 Å². The lowest BCUT2D eigenvalue weighted by molar-refractivity contribution is 0.103. The van der Waals surface area contributed by atoms with Gasteiger partial charge in [0.1, 0.15) is 0 Å². The molecular weight excluding hydrogens is 277 g/mol. The molecule has 2 aromatic rings. The van der Waals surface area contributed by atoms with Gasteiger partial charge < -0.3 is 4.98 Å². The summed E-state index contributed by atoms with van der Waals surface area (Å²) >= 11 is 9.13. The van der Waals surface area contributed by atoms with Crippen LogP contribution in [0, 0.1) is 0 Å². The average Bonchev–Trinajstić information content (AvgIpc) is 2.74. The van der Waals surface area contributed by atoms with Crippen molar-refractivity contribution >= 4 is 33.3 Å². The first-order valence-corrected chi connectivity index (χ1v) is 5.49. The summed E-state index contributed by atoms with van der Waals surface area (Å²) in [5.74, 6) is -0.0441. The molecule has 76 valence electrons. The minimum atomic E-state index is -0.0441. The summed E-state index contributed by atoms with van der Waals surface area (Å²) in [5, 5.41) is 0.595. The lowest BCUT2D eigenvalue weighted by Gasteiger charge is -2.00. The number of aromatic amines is 1. The fourth-order valence-corrected chi connectivity index (χ4v) is 1.76. The third kappa shape index (κ3) is 2.13. The summed E-state index contributed by atoms with van der Waals surface area (Å²) in [6, 6.07) is 8.65. The number of ketones is 1. The molecule has 1 N–H and O–H groups in total. The predicted molar refractivity (Wildman–Crippen MR) is 63.4 cm³/mol. The van der Waals surface area contributed by atoms with E-state index in [0.717, 1.165) is 4.47 Å². The smallest absolute Gasteiger partial charge is 0.209 e. The highest BCUT2D eigenvalue weighted by atomic mass is 79.9. The van der Waals surface area contributed by atoms with E-state index in [0.29, 0.717) is 16.3 Å². The van der Waals surface area contributed by atoms with Crippen LogP contribution in [0.5, 0.6) is 0 Å². The predicted octanol–water partition coefficient (Wildman–Crippen LogP) is 3.66. The van der Waals surface area contributed by atoms with E-state index in [1.54, 1.807) is 36.5 Å². The SMILES string of the molecule is O=C(c1ccc(Cl)c(Br)c1)c1ccc[nH]1. The quantitative estimate of drug-likeness (QED) is 0.839. The zero-order valence-electron chi connectivity index (χ0n) is 7.63. The van der Waals surface area contributed by atoms with Gasteiger partial charge in [-0.1, -0.05) is 11.6 Å². The van der Waals surface area contributed by atoms with Gasteiger partial charge in [0.25, 0.3) is 0 Å². The van der Waals surface area contributed by atoms with Crippen molar-refractivity contribution in [3.8, 4) is 0 Å². The number of carbonyl (C=O) groups is 1. The van der Waals surface area contributed by atoms with Crippen molar-refractivity contribution in [3.63, 3.8) is 0 Å². The number of nitrogens with one attached hydrogen (secondary N) is 1. The Morgan fingerprint density at radius 3 is 2.73 bits per heavy atom. The molecule has 0 radical (unpaired) electrons. The van der Waals surface area contributed by atoms with E-state index in [-0.39, 0.29) is 5.78 Å². The number of halogens is 2. The van der Waals surface area contributed by atoms with Crippen molar-refractivity contribution in [2.75, 3.05) is 0 Å². The molecule has 0 aliphatic rings. The summed E-state index contributed by atoms with van der Waals surface area (Å²) in [6.07, 6.45) is 1.72. The second kappa shape index (κ2) is 4.21. The van der Waals surface area contributed by atoms with Gasteiger partial charge in [-0.25, -0.2) is 0 Å². The third-order valence-electron chi connectivity index (χ3n) is 2.02. The van der Waals surface area contributed by atoms with Crippen LogP contribution < -0.4 is 0 Å². The maximum Gasteiger partial charge on any atom is 0.209 e. The lowest BCUT2D eigenvalue weighted by atomic mass is 10.1. The van der Waals surface area contributed by atoms with Crippen molar-refractivity contribution in [1.82, 2.24) is 4.98 Å².